The lowest BCUT2D eigenvalue weighted by molar-refractivity contribution is 0.00578. The Morgan fingerprint density at radius 3 is 1.56 bits per heavy atom. The Labute approximate surface area is 485 Å². The Hall–Kier alpha value is -4.19. The van der Waals surface area contributed by atoms with E-state index in [0.29, 0.717) is 61.6 Å². The van der Waals surface area contributed by atoms with Crippen molar-refractivity contribution < 1.29 is 46.0 Å². The van der Waals surface area contributed by atoms with Crippen molar-refractivity contribution >= 4 is 84.1 Å². The highest BCUT2D eigenvalue weighted by Gasteiger charge is 2.52. The SMILES string of the molecule is CCOP(=O)(COc1cccc(-c2cn(C3CC(CN4CCC4)C3)c3ncnc(N)c23)c1)OCC.CCOP(=O)(COc1cccc(B2OC(C)(C)C(C)(C)O2)c1)OCC.Nc1ncnc2c1c(I)cn2C1CC(CN2CCC2)C1. The standard InChI is InChI=1S/C25H34N5O4P.C17H28BO6P.C14H18IN5/c1-3-33-35(31,34-4-2)17-32-21-8-5-7-19(13-21)22-15-30(25-23(22)24(26)27-16-28-25)20-11-18(12-20)14-29-9-6-10-29;1-7-21-25(19,22-8-2)13-20-15-11-9-10-14(12-15)18-23-16(3,4)17(5,6)24-18;15-11-7-20(14-12(11)13(16)17-8-18-14)10-4-9(5-10)6-19-2-1-3-19/h5,7-8,13,15-16,18,20H,3-4,6,9-12,14,17H2,1-2H3,(H2,26,27,28);9-12H,7-8,13H2,1-6H3;7-10H,1-6H2,(H2,16,17,18). The van der Waals surface area contributed by atoms with Crippen LogP contribution in [0.4, 0.5) is 11.6 Å². The third kappa shape index (κ3) is 14.1. The fourth-order valence-corrected chi connectivity index (χ4v) is 14.2. The molecule has 7 heterocycles. The number of likely N-dealkylation sites (tertiary alicyclic amines) is 2. The molecule has 24 heteroatoms. The summed E-state index contributed by atoms with van der Waals surface area (Å²) in [5.74, 6) is 3.79. The van der Waals surface area contributed by atoms with Crippen LogP contribution >= 0.6 is 37.8 Å². The minimum Gasteiger partial charge on any atom is -0.481 e. The number of nitrogens with two attached hydrogens (primary N) is 2. The summed E-state index contributed by atoms with van der Waals surface area (Å²) in [6, 6.07) is 16.0. The number of rotatable bonds is 22. The second-order valence-corrected chi connectivity index (χ2v) is 27.3. The predicted octanol–water partition coefficient (Wildman–Crippen LogP) is 10.8. The first-order valence-electron chi connectivity index (χ1n) is 28.2. The molecule has 2 saturated carbocycles. The van der Waals surface area contributed by atoms with Crippen LogP contribution in [0.3, 0.4) is 0 Å². The molecule has 0 bridgehead atoms. The summed E-state index contributed by atoms with van der Waals surface area (Å²) >= 11 is 2.33. The number of aromatic nitrogens is 6. The van der Waals surface area contributed by atoms with Crippen molar-refractivity contribution in [1.29, 1.82) is 0 Å². The van der Waals surface area contributed by atoms with E-state index in [-0.39, 0.29) is 12.7 Å². The minimum atomic E-state index is -3.31. The first kappa shape index (κ1) is 60.4. The van der Waals surface area contributed by atoms with Gasteiger partial charge in [-0.3, -0.25) is 9.13 Å². The summed E-state index contributed by atoms with van der Waals surface area (Å²) in [4.78, 5) is 22.5. The van der Waals surface area contributed by atoms with E-state index in [2.05, 4.69) is 73.9 Å². The van der Waals surface area contributed by atoms with Crippen LogP contribution in [0.25, 0.3) is 33.2 Å². The van der Waals surface area contributed by atoms with Crippen LogP contribution < -0.4 is 26.4 Å². The summed E-state index contributed by atoms with van der Waals surface area (Å²) in [5.41, 5.74) is 16.1. The van der Waals surface area contributed by atoms with Crippen LogP contribution in [0.2, 0.25) is 0 Å². The van der Waals surface area contributed by atoms with Gasteiger partial charge in [0.15, 0.2) is 12.7 Å². The summed E-state index contributed by atoms with van der Waals surface area (Å²) < 4.78 is 75.7. The molecule has 3 saturated heterocycles. The lowest BCUT2D eigenvalue weighted by Gasteiger charge is -2.42. The van der Waals surface area contributed by atoms with Crippen molar-refractivity contribution in [2.45, 2.75) is 117 Å². The molecule has 2 aliphatic carbocycles. The number of halogens is 1. The van der Waals surface area contributed by atoms with Gasteiger partial charge in [0.2, 0.25) is 0 Å². The summed E-state index contributed by atoms with van der Waals surface area (Å²) in [6.07, 6.45) is 14.7. The molecule has 3 aliphatic heterocycles. The number of benzene rings is 2. The number of nitrogens with zero attached hydrogens (tertiary/aromatic N) is 8. The number of hydrogen-bond acceptors (Lipinski definition) is 18. The van der Waals surface area contributed by atoms with Crippen molar-refractivity contribution in [1.82, 2.24) is 38.9 Å². The molecule has 4 N–H and O–H groups in total. The fraction of sp³-hybridized carbons (Fsp3) is 0.571. The van der Waals surface area contributed by atoms with Crippen LogP contribution in [-0.4, -0.2) is 136 Å². The molecule has 11 rings (SSSR count). The largest absolute Gasteiger partial charge is 0.494 e. The Kier molecular flexibility index (Phi) is 19.8. The highest BCUT2D eigenvalue weighted by atomic mass is 127. The van der Waals surface area contributed by atoms with Gasteiger partial charge in [-0.2, -0.15) is 0 Å². The van der Waals surface area contributed by atoms with E-state index in [1.807, 2.05) is 70.2 Å². The molecular formula is C56H80BIN10O10P2. The van der Waals surface area contributed by atoms with Crippen molar-refractivity contribution in [2.75, 3.05) is 89.9 Å². The maximum Gasteiger partial charge on any atom is 0.494 e. The number of ether oxygens (including phenoxy) is 2. The van der Waals surface area contributed by atoms with Crippen LogP contribution in [0.1, 0.15) is 106 Å². The van der Waals surface area contributed by atoms with Crippen LogP contribution in [-0.2, 0) is 36.5 Å². The smallest absolute Gasteiger partial charge is 0.481 e. The fourth-order valence-electron chi connectivity index (χ4n) is 10.8. The Balaban J connectivity index is 0.000000152. The van der Waals surface area contributed by atoms with E-state index in [1.54, 1.807) is 40.1 Å². The van der Waals surface area contributed by atoms with E-state index in [0.717, 1.165) is 66.9 Å². The molecule has 5 fully saturated rings. The van der Waals surface area contributed by atoms with Crippen molar-refractivity contribution in [3.05, 3.63) is 77.1 Å². The number of hydrogen-bond donors (Lipinski definition) is 2. The maximum atomic E-state index is 12.8. The van der Waals surface area contributed by atoms with Crippen LogP contribution in [0.15, 0.2) is 73.6 Å². The molecule has 20 nitrogen and oxygen atoms in total. The summed E-state index contributed by atoms with van der Waals surface area (Å²) in [5, 5.41) is 1.87. The van der Waals surface area contributed by atoms with Crippen molar-refractivity contribution in [3.63, 3.8) is 0 Å². The normalized spacial score (nSPS) is 21.6. The monoisotopic (exact) mass is 1250 g/mol. The van der Waals surface area contributed by atoms with Gasteiger partial charge in [-0.05, 0) is 190 Å². The van der Waals surface area contributed by atoms with Gasteiger partial charge >= 0.3 is 22.3 Å². The molecular weight excluding hydrogens is 1170 g/mol. The molecule has 0 atom stereocenters. The Bertz CT molecular complexity index is 3110. The topological polar surface area (TPSA) is 228 Å². The lowest BCUT2D eigenvalue weighted by Crippen LogP contribution is -2.43. The molecule has 0 unspecified atom stereocenters. The van der Waals surface area contributed by atoms with Gasteiger partial charge in [-0.25, -0.2) is 19.9 Å². The Morgan fingerprint density at radius 2 is 1.09 bits per heavy atom. The average molecular weight is 1250 g/mol. The van der Waals surface area contributed by atoms with Gasteiger partial charge < -0.3 is 67.3 Å². The molecule has 0 radical (unpaired) electrons. The van der Waals surface area contributed by atoms with Gasteiger partial charge in [0.25, 0.3) is 0 Å². The van der Waals surface area contributed by atoms with Crippen LogP contribution in [0.5, 0.6) is 11.5 Å². The number of fused-ring (bicyclic) bond motifs is 2. The molecule has 434 valence electrons. The van der Waals surface area contributed by atoms with Crippen molar-refractivity contribution in [3.8, 4) is 22.6 Å². The van der Waals surface area contributed by atoms with E-state index in [1.165, 1.54) is 71.3 Å². The molecule has 4 aromatic heterocycles. The highest BCUT2D eigenvalue weighted by molar-refractivity contribution is 14.1. The molecule has 2 aromatic carbocycles. The van der Waals surface area contributed by atoms with Gasteiger partial charge in [0.1, 0.15) is 47.1 Å². The molecule has 0 amide bonds. The summed E-state index contributed by atoms with van der Waals surface area (Å²) in [7, 11) is -7.03. The molecule has 6 aromatic rings. The average Bonchev–Trinajstić information content (AvgIpc) is 4.03. The molecule has 80 heavy (non-hydrogen) atoms. The van der Waals surface area contributed by atoms with E-state index in [4.69, 9.17) is 48.3 Å². The van der Waals surface area contributed by atoms with E-state index in [9.17, 15) is 9.13 Å². The van der Waals surface area contributed by atoms with Crippen LogP contribution in [0, 0.1) is 15.4 Å². The number of nitrogen functional groups attached to an aromatic ring is 2. The zero-order valence-electron chi connectivity index (χ0n) is 47.6. The first-order valence-corrected chi connectivity index (χ1v) is 32.8. The number of anilines is 2. The molecule has 5 aliphatic rings. The third-order valence-electron chi connectivity index (χ3n) is 16.0. The van der Waals surface area contributed by atoms with Gasteiger partial charge in [-0.15, -0.1) is 0 Å². The quantitative estimate of drug-likeness (QED) is 0.0366. The first-order chi connectivity index (χ1) is 38.3. The zero-order chi connectivity index (χ0) is 56.8. The zero-order valence-corrected chi connectivity index (χ0v) is 51.6. The highest BCUT2D eigenvalue weighted by Crippen LogP contribution is 2.50. The van der Waals surface area contributed by atoms with E-state index >= 15 is 0 Å². The van der Waals surface area contributed by atoms with Gasteiger partial charge in [-0.1, -0.05) is 24.3 Å². The lowest BCUT2D eigenvalue weighted by atomic mass is 9.79. The molecule has 0 spiro atoms. The summed E-state index contributed by atoms with van der Waals surface area (Å²) in [6.45, 7) is 23.9. The second kappa shape index (κ2) is 26.2. The second-order valence-electron chi connectivity index (χ2n) is 22.2. The minimum absolute atomic E-state index is 0.137. The van der Waals surface area contributed by atoms with E-state index < -0.39 is 33.5 Å². The van der Waals surface area contributed by atoms with Crippen molar-refractivity contribution in [2.24, 2.45) is 11.8 Å². The Morgan fingerprint density at radius 1 is 0.637 bits per heavy atom. The predicted molar refractivity (Wildman–Crippen MR) is 323 cm³/mol. The maximum absolute atomic E-state index is 12.8. The van der Waals surface area contributed by atoms with Gasteiger partial charge in [0.05, 0.1) is 48.4 Å². The van der Waals surface area contributed by atoms with Gasteiger partial charge in [0, 0.05) is 46.7 Å². The third-order valence-corrected chi connectivity index (χ3v) is 20.3.